The van der Waals surface area contributed by atoms with Crippen LogP contribution in [0.4, 0.5) is 0 Å². The van der Waals surface area contributed by atoms with E-state index >= 15 is 0 Å². The van der Waals surface area contributed by atoms with Gasteiger partial charge in [0.05, 0.1) is 0 Å². The number of unbranched alkanes of at least 4 members (excludes halogenated alkanes) is 1. The van der Waals surface area contributed by atoms with Crippen LogP contribution in [-0.4, -0.2) is 18.5 Å². The second-order valence-electron chi connectivity index (χ2n) is 3.39. The van der Waals surface area contributed by atoms with Crippen molar-refractivity contribution in [3.8, 4) is 12.3 Å². The molecule has 0 atom stereocenters. The Bertz CT molecular complexity index is 201. The van der Waals surface area contributed by atoms with E-state index in [1.807, 2.05) is 13.8 Å². The van der Waals surface area contributed by atoms with Gasteiger partial charge in [0.2, 0.25) is 0 Å². The Kier molecular flexibility index (Phi) is 6.23. The van der Waals surface area contributed by atoms with Crippen molar-refractivity contribution >= 4 is 5.78 Å². The summed E-state index contributed by atoms with van der Waals surface area (Å²) in [6.07, 6.45) is 8.55. The topological polar surface area (TPSA) is 26.3 Å². The van der Waals surface area contributed by atoms with E-state index in [9.17, 15) is 4.79 Å². The van der Waals surface area contributed by atoms with Gasteiger partial charge < -0.3 is 4.74 Å². The Hall–Kier alpha value is -0.810. The molecule has 0 rings (SSSR count). The summed E-state index contributed by atoms with van der Waals surface area (Å²) in [5.41, 5.74) is -0.575. The summed E-state index contributed by atoms with van der Waals surface area (Å²) in [7, 11) is 1.60. The first-order valence-electron chi connectivity index (χ1n) is 5.18. The maximum atomic E-state index is 11.8. The monoisotopic (exact) mass is 196 g/mol. The van der Waals surface area contributed by atoms with Gasteiger partial charge in [0.25, 0.3) is 0 Å². The largest absolute Gasteiger partial charge is 0.370 e. The zero-order valence-electron chi connectivity index (χ0n) is 9.43. The number of rotatable bonds is 7. The molecule has 0 heterocycles. The molecule has 0 saturated heterocycles. The Morgan fingerprint density at radius 2 is 2.00 bits per heavy atom. The van der Waals surface area contributed by atoms with Crippen LogP contribution in [0.2, 0.25) is 0 Å². The first kappa shape index (κ1) is 13.2. The lowest BCUT2D eigenvalue weighted by atomic mass is 9.89. The van der Waals surface area contributed by atoms with Gasteiger partial charge in [0, 0.05) is 20.0 Å². The third-order valence-electron chi connectivity index (χ3n) is 2.77. The lowest BCUT2D eigenvalue weighted by Crippen LogP contribution is -2.39. The summed E-state index contributed by atoms with van der Waals surface area (Å²) >= 11 is 0. The van der Waals surface area contributed by atoms with Crippen LogP contribution in [0, 0.1) is 12.3 Å². The van der Waals surface area contributed by atoms with Gasteiger partial charge in [-0.3, -0.25) is 4.79 Å². The average Bonchev–Trinajstić information content (AvgIpc) is 2.22. The highest BCUT2D eigenvalue weighted by Gasteiger charge is 2.33. The van der Waals surface area contributed by atoms with Crippen LogP contribution in [-0.2, 0) is 9.53 Å². The first-order chi connectivity index (χ1) is 6.66. The highest BCUT2D eigenvalue weighted by Crippen LogP contribution is 2.23. The molecule has 0 amide bonds. The Labute approximate surface area is 87.0 Å². The van der Waals surface area contributed by atoms with E-state index in [2.05, 4.69) is 5.92 Å². The smallest absolute Gasteiger partial charge is 0.164 e. The Morgan fingerprint density at radius 1 is 1.43 bits per heavy atom. The van der Waals surface area contributed by atoms with E-state index < -0.39 is 5.60 Å². The molecule has 14 heavy (non-hydrogen) atoms. The highest BCUT2D eigenvalue weighted by molar-refractivity contribution is 5.87. The fourth-order valence-corrected chi connectivity index (χ4v) is 1.63. The average molecular weight is 196 g/mol. The van der Waals surface area contributed by atoms with Gasteiger partial charge >= 0.3 is 0 Å². The molecule has 0 aromatic heterocycles. The summed E-state index contributed by atoms with van der Waals surface area (Å²) in [5.74, 6) is 2.72. The molecule has 0 unspecified atom stereocenters. The lowest BCUT2D eigenvalue weighted by molar-refractivity contribution is -0.142. The number of hydrogen-bond acceptors (Lipinski definition) is 2. The van der Waals surface area contributed by atoms with Crippen molar-refractivity contribution < 1.29 is 9.53 Å². The number of carbonyl (C=O) groups excluding carboxylic acids is 1. The maximum absolute atomic E-state index is 11.8. The number of methoxy groups -OCH3 is 1. The number of carbonyl (C=O) groups is 1. The van der Waals surface area contributed by atoms with Gasteiger partial charge in [-0.2, -0.15) is 0 Å². The van der Waals surface area contributed by atoms with E-state index in [1.54, 1.807) is 7.11 Å². The number of ketones is 1. The summed E-state index contributed by atoms with van der Waals surface area (Å²) in [6.45, 7) is 3.96. The molecule has 0 aliphatic carbocycles. The molecule has 0 aliphatic heterocycles. The molecule has 0 aliphatic rings. The molecule has 0 aromatic carbocycles. The fourth-order valence-electron chi connectivity index (χ4n) is 1.63. The van der Waals surface area contributed by atoms with Crippen molar-refractivity contribution in [3.63, 3.8) is 0 Å². The van der Waals surface area contributed by atoms with Crippen LogP contribution >= 0.6 is 0 Å². The zero-order valence-corrected chi connectivity index (χ0v) is 9.43. The van der Waals surface area contributed by atoms with Gasteiger partial charge in [0.1, 0.15) is 5.60 Å². The molecule has 0 fully saturated rings. The molecule has 0 saturated carbocycles. The van der Waals surface area contributed by atoms with E-state index in [4.69, 9.17) is 11.2 Å². The summed E-state index contributed by atoms with van der Waals surface area (Å²) in [4.78, 5) is 11.8. The molecule has 0 aromatic rings. The van der Waals surface area contributed by atoms with Crippen molar-refractivity contribution in [2.24, 2.45) is 0 Å². The Morgan fingerprint density at radius 3 is 2.36 bits per heavy atom. The normalized spacial score (nSPS) is 11.0. The van der Waals surface area contributed by atoms with Crippen molar-refractivity contribution in [3.05, 3.63) is 0 Å². The van der Waals surface area contributed by atoms with Gasteiger partial charge in [-0.05, 0) is 19.3 Å². The molecular weight excluding hydrogens is 176 g/mol. The van der Waals surface area contributed by atoms with Gasteiger partial charge in [-0.15, -0.1) is 12.3 Å². The maximum Gasteiger partial charge on any atom is 0.164 e. The summed E-state index contributed by atoms with van der Waals surface area (Å²) in [5, 5.41) is 0. The first-order valence-corrected chi connectivity index (χ1v) is 5.18. The van der Waals surface area contributed by atoms with Crippen LogP contribution in [0.5, 0.6) is 0 Å². The van der Waals surface area contributed by atoms with E-state index in [1.165, 1.54) is 0 Å². The van der Waals surface area contributed by atoms with Gasteiger partial charge in [-0.25, -0.2) is 0 Å². The number of terminal acetylenes is 1. The summed E-state index contributed by atoms with van der Waals surface area (Å²) in [6, 6.07) is 0. The van der Waals surface area contributed by atoms with Crippen molar-refractivity contribution in [1.82, 2.24) is 0 Å². The molecule has 80 valence electrons. The third-order valence-corrected chi connectivity index (χ3v) is 2.77. The number of hydrogen-bond donors (Lipinski definition) is 0. The molecule has 2 nitrogen and oxygen atoms in total. The zero-order chi connectivity index (χ0) is 11.0. The quantitative estimate of drug-likeness (QED) is 0.462. The number of Topliss-reactive ketones (excluding diaryl/α,β-unsaturated/α-hetero) is 1. The SMILES string of the molecule is C#CCCCC(=O)C(CC)(CC)OC. The van der Waals surface area contributed by atoms with Crippen molar-refractivity contribution in [2.45, 2.75) is 51.6 Å². The van der Waals surface area contributed by atoms with E-state index in [0.717, 1.165) is 19.3 Å². The van der Waals surface area contributed by atoms with Crippen LogP contribution in [0.3, 0.4) is 0 Å². The molecule has 0 N–H and O–H groups in total. The predicted octanol–water partition coefficient (Wildman–Crippen LogP) is 2.56. The molecule has 2 heteroatoms. The van der Waals surface area contributed by atoms with Crippen LogP contribution in [0.1, 0.15) is 46.0 Å². The predicted molar refractivity (Wildman–Crippen MR) is 58.0 cm³/mol. The van der Waals surface area contributed by atoms with Crippen LogP contribution in [0.25, 0.3) is 0 Å². The summed E-state index contributed by atoms with van der Waals surface area (Å²) < 4.78 is 5.33. The third kappa shape index (κ3) is 3.16. The minimum Gasteiger partial charge on any atom is -0.370 e. The number of ether oxygens (including phenoxy) is 1. The van der Waals surface area contributed by atoms with Crippen molar-refractivity contribution in [1.29, 1.82) is 0 Å². The van der Waals surface area contributed by atoms with E-state index in [-0.39, 0.29) is 5.78 Å². The molecule has 0 spiro atoms. The fraction of sp³-hybridized carbons (Fsp3) is 0.750. The van der Waals surface area contributed by atoms with Gasteiger partial charge in [0.15, 0.2) is 5.78 Å². The standard InChI is InChI=1S/C12H20O2/c1-5-8-9-10-11(13)12(6-2,7-3)14-4/h1H,6-10H2,2-4H3. The second-order valence-corrected chi connectivity index (χ2v) is 3.39. The Balaban J connectivity index is 4.24. The van der Waals surface area contributed by atoms with Crippen molar-refractivity contribution in [2.75, 3.05) is 7.11 Å². The highest BCUT2D eigenvalue weighted by atomic mass is 16.5. The van der Waals surface area contributed by atoms with Gasteiger partial charge in [-0.1, -0.05) is 13.8 Å². The minimum absolute atomic E-state index is 0.181. The molecule has 0 bridgehead atoms. The van der Waals surface area contributed by atoms with E-state index in [0.29, 0.717) is 12.8 Å². The van der Waals surface area contributed by atoms with Crippen LogP contribution in [0.15, 0.2) is 0 Å². The second kappa shape index (κ2) is 6.62. The molecule has 0 radical (unpaired) electrons. The molecular formula is C12H20O2. The minimum atomic E-state index is -0.575. The van der Waals surface area contributed by atoms with Crippen LogP contribution < -0.4 is 0 Å². The lowest BCUT2D eigenvalue weighted by Gasteiger charge is -2.28.